The lowest BCUT2D eigenvalue weighted by Gasteiger charge is -2.23. The second-order valence-electron chi connectivity index (χ2n) is 6.90. The van der Waals surface area contributed by atoms with Crippen LogP contribution >= 0.6 is 0 Å². The third kappa shape index (κ3) is 7.28. The number of methoxy groups -OCH3 is 1. The second kappa shape index (κ2) is 9.86. The van der Waals surface area contributed by atoms with E-state index in [0.717, 1.165) is 51.3 Å². The highest BCUT2D eigenvalue weighted by molar-refractivity contribution is 5.41. The van der Waals surface area contributed by atoms with Crippen molar-refractivity contribution >= 4 is 0 Å². The summed E-state index contributed by atoms with van der Waals surface area (Å²) in [5, 5.41) is 3.43. The molecule has 0 heterocycles. The maximum Gasteiger partial charge on any atom is 0.123 e. The van der Waals surface area contributed by atoms with Crippen molar-refractivity contribution in [3.8, 4) is 5.75 Å². The van der Waals surface area contributed by atoms with Gasteiger partial charge in [0.15, 0.2) is 0 Å². The van der Waals surface area contributed by atoms with E-state index >= 15 is 0 Å². The van der Waals surface area contributed by atoms with Gasteiger partial charge in [0.05, 0.1) is 6.61 Å². The minimum atomic E-state index is 0.117. The molecule has 0 spiro atoms. The van der Waals surface area contributed by atoms with Crippen LogP contribution in [0.5, 0.6) is 5.75 Å². The van der Waals surface area contributed by atoms with Crippen molar-refractivity contribution in [1.82, 2.24) is 5.32 Å². The molecule has 1 aromatic rings. The molecular formula is C19H33NO2. The van der Waals surface area contributed by atoms with Crippen molar-refractivity contribution in [2.24, 2.45) is 0 Å². The van der Waals surface area contributed by atoms with Gasteiger partial charge in [0.1, 0.15) is 5.75 Å². The standard InChI is InChI=1S/C19H33NO2/c1-16-9-10-17(19(2,3)4)18(15-16)22-14-7-6-11-20-12-8-13-21-5/h9-10,15,20H,6-8,11-14H2,1-5H3. The number of benzene rings is 1. The van der Waals surface area contributed by atoms with E-state index in [1.165, 1.54) is 11.1 Å². The number of hydrogen-bond acceptors (Lipinski definition) is 3. The molecule has 0 saturated heterocycles. The quantitative estimate of drug-likeness (QED) is 0.661. The van der Waals surface area contributed by atoms with E-state index < -0.39 is 0 Å². The smallest absolute Gasteiger partial charge is 0.123 e. The van der Waals surface area contributed by atoms with Crippen molar-refractivity contribution in [3.63, 3.8) is 0 Å². The van der Waals surface area contributed by atoms with E-state index in [9.17, 15) is 0 Å². The zero-order chi connectivity index (χ0) is 16.4. The predicted molar refractivity (Wildman–Crippen MR) is 94.0 cm³/mol. The highest BCUT2D eigenvalue weighted by Gasteiger charge is 2.18. The largest absolute Gasteiger partial charge is 0.493 e. The number of nitrogens with one attached hydrogen (secondary N) is 1. The van der Waals surface area contributed by atoms with Crippen molar-refractivity contribution < 1.29 is 9.47 Å². The Kier molecular flexibility index (Phi) is 8.51. The summed E-state index contributed by atoms with van der Waals surface area (Å²) in [5.41, 5.74) is 2.66. The van der Waals surface area contributed by atoms with Gasteiger partial charge in [0, 0.05) is 13.7 Å². The molecule has 126 valence electrons. The van der Waals surface area contributed by atoms with E-state index in [0.29, 0.717) is 0 Å². The third-order valence-electron chi connectivity index (χ3n) is 3.65. The Morgan fingerprint density at radius 3 is 2.41 bits per heavy atom. The molecule has 1 aromatic carbocycles. The summed E-state index contributed by atoms with van der Waals surface area (Å²) in [6.45, 7) is 12.5. The lowest BCUT2D eigenvalue weighted by molar-refractivity contribution is 0.194. The minimum absolute atomic E-state index is 0.117. The molecular weight excluding hydrogens is 274 g/mol. The zero-order valence-electron chi connectivity index (χ0n) is 15.0. The van der Waals surface area contributed by atoms with Gasteiger partial charge in [-0.3, -0.25) is 0 Å². The van der Waals surface area contributed by atoms with E-state index in [1.54, 1.807) is 7.11 Å². The SMILES string of the molecule is COCCCNCCCCOc1cc(C)ccc1C(C)(C)C. The predicted octanol–water partition coefficient (Wildman–Crippen LogP) is 4.08. The summed E-state index contributed by atoms with van der Waals surface area (Å²) in [6, 6.07) is 6.52. The molecule has 0 unspecified atom stereocenters. The fourth-order valence-corrected chi connectivity index (χ4v) is 2.37. The molecule has 22 heavy (non-hydrogen) atoms. The van der Waals surface area contributed by atoms with Gasteiger partial charge >= 0.3 is 0 Å². The van der Waals surface area contributed by atoms with Crippen LogP contribution < -0.4 is 10.1 Å². The number of hydrogen-bond donors (Lipinski definition) is 1. The molecule has 3 nitrogen and oxygen atoms in total. The minimum Gasteiger partial charge on any atom is -0.493 e. The molecule has 1 N–H and O–H groups in total. The first-order valence-corrected chi connectivity index (χ1v) is 8.38. The van der Waals surface area contributed by atoms with Crippen LogP contribution in [0.1, 0.15) is 51.2 Å². The number of rotatable bonds is 10. The maximum absolute atomic E-state index is 6.04. The Labute approximate surface area is 136 Å². The van der Waals surface area contributed by atoms with Gasteiger partial charge < -0.3 is 14.8 Å². The summed E-state index contributed by atoms with van der Waals surface area (Å²) < 4.78 is 11.1. The van der Waals surface area contributed by atoms with Crippen LogP contribution in [0.2, 0.25) is 0 Å². The van der Waals surface area contributed by atoms with Crippen LogP contribution in [0, 0.1) is 6.92 Å². The van der Waals surface area contributed by atoms with Gasteiger partial charge in [-0.25, -0.2) is 0 Å². The Bertz CT molecular complexity index is 424. The van der Waals surface area contributed by atoms with Crippen molar-refractivity contribution in [3.05, 3.63) is 29.3 Å². The molecule has 3 heteroatoms. The van der Waals surface area contributed by atoms with E-state index in [4.69, 9.17) is 9.47 Å². The molecule has 0 radical (unpaired) electrons. The molecule has 0 aliphatic carbocycles. The Morgan fingerprint density at radius 1 is 1.00 bits per heavy atom. The highest BCUT2D eigenvalue weighted by atomic mass is 16.5. The molecule has 0 aromatic heterocycles. The Morgan fingerprint density at radius 2 is 1.73 bits per heavy atom. The first-order valence-electron chi connectivity index (χ1n) is 8.38. The normalized spacial score (nSPS) is 11.7. The lowest BCUT2D eigenvalue weighted by Crippen LogP contribution is -2.18. The highest BCUT2D eigenvalue weighted by Crippen LogP contribution is 2.32. The van der Waals surface area contributed by atoms with Crippen LogP contribution in [0.25, 0.3) is 0 Å². The van der Waals surface area contributed by atoms with Gasteiger partial charge in [-0.1, -0.05) is 32.9 Å². The third-order valence-corrected chi connectivity index (χ3v) is 3.65. The first-order chi connectivity index (χ1) is 10.4. The topological polar surface area (TPSA) is 30.5 Å². The first kappa shape index (κ1) is 19.0. The van der Waals surface area contributed by atoms with Crippen molar-refractivity contribution in [2.75, 3.05) is 33.4 Å². The van der Waals surface area contributed by atoms with Crippen LogP contribution in [-0.2, 0) is 10.2 Å². The monoisotopic (exact) mass is 307 g/mol. The maximum atomic E-state index is 6.04. The summed E-state index contributed by atoms with van der Waals surface area (Å²) in [6.07, 6.45) is 3.30. The average molecular weight is 307 g/mol. The van der Waals surface area contributed by atoms with Crippen molar-refractivity contribution in [1.29, 1.82) is 0 Å². The molecule has 0 bridgehead atoms. The summed E-state index contributed by atoms with van der Waals surface area (Å²) in [5.74, 6) is 1.04. The zero-order valence-corrected chi connectivity index (χ0v) is 15.0. The van der Waals surface area contributed by atoms with Gasteiger partial charge in [-0.2, -0.15) is 0 Å². The lowest BCUT2D eigenvalue weighted by atomic mass is 9.86. The van der Waals surface area contributed by atoms with E-state index in [2.05, 4.69) is 51.2 Å². The van der Waals surface area contributed by atoms with E-state index in [-0.39, 0.29) is 5.41 Å². The Hall–Kier alpha value is -1.06. The van der Waals surface area contributed by atoms with Crippen LogP contribution in [0.15, 0.2) is 18.2 Å². The number of aryl methyl sites for hydroxylation is 1. The van der Waals surface area contributed by atoms with Gasteiger partial charge in [-0.05, 0) is 61.9 Å². The average Bonchev–Trinajstić information content (AvgIpc) is 2.44. The van der Waals surface area contributed by atoms with Gasteiger partial charge in [0.2, 0.25) is 0 Å². The van der Waals surface area contributed by atoms with Gasteiger partial charge in [0.25, 0.3) is 0 Å². The number of ether oxygens (including phenoxy) is 2. The molecule has 0 fully saturated rings. The van der Waals surface area contributed by atoms with Crippen LogP contribution in [-0.4, -0.2) is 33.4 Å². The summed E-state index contributed by atoms with van der Waals surface area (Å²) in [4.78, 5) is 0. The Balaban J connectivity index is 2.29. The molecule has 1 rings (SSSR count). The fraction of sp³-hybridized carbons (Fsp3) is 0.684. The summed E-state index contributed by atoms with van der Waals surface area (Å²) >= 11 is 0. The molecule has 0 aliphatic rings. The molecule has 0 amide bonds. The van der Waals surface area contributed by atoms with Gasteiger partial charge in [-0.15, -0.1) is 0 Å². The van der Waals surface area contributed by atoms with Crippen LogP contribution in [0.3, 0.4) is 0 Å². The number of unbranched alkanes of at least 4 members (excludes halogenated alkanes) is 1. The van der Waals surface area contributed by atoms with Crippen LogP contribution in [0.4, 0.5) is 0 Å². The molecule has 0 aliphatic heterocycles. The summed E-state index contributed by atoms with van der Waals surface area (Å²) in [7, 11) is 1.74. The fourth-order valence-electron chi connectivity index (χ4n) is 2.37. The molecule has 0 atom stereocenters. The van der Waals surface area contributed by atoms with E-state index in [1.807, 2.05) is 0 Å². The second-order valence-corrected chi connectivity index (χ2v) is 6.90. The molecule has 0 saturated carbocycles. The van der Waals surface area contributed by atoms with Crippen molar-refractivity contribution in [2.45, 2.75) is 52.4 Å².